The molecule has 0 spiro atoms. The van der Waals surface area contributed by atoms with Crippen LogP contribution in [0, 0.1) is 0 Å². The molecule has 2 N–H and O–H groups in total. The molecule has 8 nitrogen and oxygen atoms in total. The molecule has 0 aliphatic carbocycles. The Hall–Kier alpha value is -1.28. The molecule has 0 heterocycles. The predicted octanol–water partition coefficient (Wildman–Crippen LogP) is 12.5. The van der Waals surface area contributed by atoms with Crippen molar-refractivity contribution in [2.24, 2.45) is 0 Å². The van der Waals surface area contributed by atoms with Crippen LogP contribution in [0.2, 0.25) is 0 Å². The number of nitrogens with zero attached hydrogens (tertiary/aromatic N) is 1. The Morgan fingerprint density at radius 2 is 1.00 bits per heavy atom. The maximum Gasteiger partial charge on any atom is 0.268 e. The molecule has 3 unspecified atom stereocenters. The van der Waals surface area contributed by atoms with Gasteiger partial charge in [0.25, 0.3) is 7.82 Å². The lowest BCUT2D eigenvalue weighted by Gasteiger charge is -2.29. The van der Waals surface area contributed by atoms with Gasteiger partial charge in [0.15, 0.2) is 0 Å². The van der Waals surface area contributed by atoms with Gasteiger partial charge in [-0.25, -0.2) is 0 Å². The van der Waals surface area contributed by atoms with Gasteiger partial charge in [-0.05, 0) is 44.9 Å². The molecule has 0 saturated heterocycles. The van der Waals surface area contributed by atoms with E-state index < -0.39 is 26.6 Å². The fourth-order valence-corrected chi connectivity index (χ4v) is 7.32. The molecule has 0 rings (SSSR count). The highest BCUT2D eigenvalue weighted by Gasteiger charge is 2.23. The lowest BCUT2D eigenvalue weighted by atomic mass is 10.0. The summed E-state index contributed by atoms with van der Waals surface area (Å²) in [6.07, 6.45) is 48.7. The largest absolute Gasteiger partial charge is 0.756 e. The third kappa shape index (κ3) is 40.9. The molecule has 0 aliphatic heterocycles. The second-order valence-electron chi connectivity index (χ2n) is 17.1. The van der Waals surface area contributed by atoms with Crippen LogP contribution in [0.25, 0.3) is 0 Å². The molecule has 3 atom stereocenters. The average molecular weight is 811 g/mol. The molecule has 1 amide bonds. The van der Waals surface area contributed by atoms with Crippen molar-refractivity contribution >= 4 is 13.7 Å². The van der Waals surface area contributed by atoms with Crippen molar-refractivity contribution in [1.29, 1.82) is 0 Å². The van der Waals surface area contributed by atoms with Crippen molar-refractivity contribution in [2.45, 2.75) is 219 Å². The molecule has 0 fully saturated rings. The molecule has 0 aromatic rings. The Morgan fingerprint density at radius 1 is 0.607 bits per heavy atom. The van der Waals surface area contributed by atoms with Gasteiger partial charge < -0.3 is 28.8 Å². The highest BCUT2D eigenvalue weighted by atomic mass is 31.2. The summed E-state index contributed by atoms with van der Waals surface area (Å²) in [5.74, 6) is -0.230. The van der Waals surface area contributed by atoms with Crippen LogP contribution in [-0.2, 0) is 18.4 Å². The monoisotopic (exact) mass is 811 g/mol. The van der Waals surface area contributed by atoms with Gasteiger partial charge in [0.2, 0.25) is 5.91 Å². The highest BCUT2D eigenvalue weighted by molar-refractivity contribution is 7.45. The van der Waals surface area contributed by atoms with Gasteiger partial charge in [-0.1, -0.05) is 192 Å². The predicted molar refractivity (Wildman–Crippen MR) is 238 cm³/mol. The van der Waals surface area contributed by atoms with Crippen molar-refractivity contribution in [1.82, 2.24) is 5.32 Å². The van der Waals surface area contributed by atoms with Crippen molar-refractivity contribution in [3.63, 3.8) is 0 Å². The number of rotatable bonds is 42. The normalized spacial score (nSPS) is 14.6. The van der Waals surface area contributed by atoms with E-state index in [4.69, 9.17) is 9.05 Å². The average Bonchev–Trinajstić information content (AvgIpc) is 3.15. The summed E-state index contributed by atoms with van der Waals surface area (Å²) in [7, 11) is 1.23. The first-order valence-electron chi connectivity index (χ1n) is 23.4. The molecule has 330 valence electrons. The van der Waals surface area contributed by atoms with E-state index in [0.717, 1.165) is 51.4 Å². The van der Waals surface area contributed by atoms with E-state index in [1.165, 1.54) is 135 Å². The van der Waals surface area contributed by atoms with E-state index in [1.54, 1.807) is 6.08 Å². The third-order valence-electron chi connectivity index (χ3n) is 10.3. The number of aliphatic hydroxyl groups is 1. The van der Waals surface area contributed by atoms with E-state index in [9.17, 15) is 19.4 Å². The summed E-state index contributed by atoms with van der Waals surface area (Å²) < 4.78 is 23.0. The molecule has 0 aliphatic rings. The van der Waals surface area contributed by atoms with Crippen LogP contribution in [0.1, 0.15) is 206 Å². The van der Waals surface area contributed by atoms with Crippen molar-refractivity contribution in [3.05, 3.63) is 36.5 Å². The maximum absolute atomic E-state index is 12.5. The molecule has 0 bridgehead atoms. The van der Waals surface area contributed by atoms with Crippen molar-refractivity contribution in [2.75, 3.05) is 40.9 Å². The molecule has 56 heavy (non-hydrogen) atoms. The number of allylic oxidation sites excluding steroid dienone is 5. The Labute approximate surface area is 347 Å². The zero-order valence-electron chi connectivity index (χ0n) is 37.3. The number of likely N-dealkylation sites (N-methyl/N-ethyl adjacent to an activating group) is 1. The number of phosphoric acid groups is 1. The number of carbonyl (C=O) groups is 1. The fraction of sp³-hybridized carbons (Fsp3) is 0.851. The molecule has 0 aromatic carbocycles. The van der Waals surface area contributed by atoms with Gasteiger partial charge in [0, 0.05) is 6.42 Å². The minimum atomic E-state index is -4.58. The minimum absolute atomic E-state index is 0.00926. The number of amides is 1. The molecule has 0 radical (unpaired) electrons. The molecule has 9 heteroatoms. The van der Waals surface area contributed by atoms with E-state index in [-0.39, 0.29) is 12.5 Å². The number of nitrogens with one attached hydrogen (secondary N) is 1. The van der Waals surface area contributed by atoms with E-state index in [0.29, 0.717) is 17.4 Å². The van der Waals surface area contributed by atoms with Gasteiger partial charge in [-0.15, -0.1) is 0 Å². The second-order valence-corrected chi connectivity index (χ2v) is 18.5. The van der Waals surface area contributed by atoms with Crippen molar-refractivity contribution < 1.29 is 32.9 Å². The number of phosphoric ester groups is 1. The maximum atomic E-state index is 12.5. The third-order valence-corrected chi connectivity index (χ3v) is 11.3. The lowest BCUT2D eigenvalue weighted by molar-refractivity contribution is -0.870. The zero-order valence-corrected chi connectivity index (χ0v) is 38.2. The topological polar surface area (TPSA) is 108 Å². The number of hydrogen-bond acceptors (Lipinski definition) is 6. The number of hydrogen-bond donors (Lipinski definition) is 2. The summed E-state index contributed by atoms with van der Waals surface area (Å²) in [5.41, 5.74) is 0. The van der Waals surface area contributed by atoms with E-state index in [1.807, 2.05) is 27.2 Å². The van der Waals surface area contributed by atoms with Gasteiger partial charge >= 0.3 is 0 Å². The Kier molecular flexibility index (Phi) is 38.3. The first kappa shape index (κ1) is 54.7. The molecular formula is C47H91N2O6P. The highest BCUT2D eigenvalue weighted by Crippen LogP contribution is 2.38. The van der Waals surface area contributed by atoms with Crippen LogP contribution in [-0.4, -0.2) is 68.5 Å². The van der Waals surface area contributed by atoms with E-state index >= 15 is 0 Å². The Bertz CT molecular complexity index is 1010. The number of quaternary nitrogens is 1. The fourth-order valence-electron chi connectivity index (χ4n) is 6.60. The summed E-state index contributed by atoms with van der Waals surface area (Å²) in [6, 6.07) is -0.903. The number of aliphatic hydroxyl groups excluding tert-OH is 1. The summed E-state index contributed by atoms with van der Waals surface area (Å²) in [4.78, 5) is 24.9. The minimum Gasteiger partial charge on any atom is -0.756 e. The number of unbranched alkanes of at least 4 members (excludes halogenated alkanes) is 25. The summed E-state index contributed by atoms with van der Waals surface area (Å²) >= 11 is 0. The zero-order chi connectivity index (χ0) is 41.4. The van der Waals surface area contributed by atoms with Gasteiger partial charge in [-0.2, -0.15) is 0 Å². The summed E-state index contributed by atoms with van der Waals surface area (Å²) in [5, 5.41) is 13.6. The first-order valence-corrected chi connectivity index (χ1v) is 24.8. The van der Waals surface area contributed by atoms with Crippen LogP contribution in [0.4, 0.5) is 0 Å². The molecule has 0 aromatic heterocycles. The summed E-state index contributed by atoms with van der Waals surface area (Å²) in [6.45, 7) is 4.48. The SMILES string of the molecule is CCCCCCCCCCCCCCCCCCCCCC/C=C/CC/C=C/CC/C=C/C(O)C(COP(=O)([O-])OCC[N+](C)(C)C)NC(=O)CCCCCC. The smallest absolute Gasteiger partial charge is 0.268 e. The molecule has 0 saturated carbocycles. The first-order chi connectivity index (χ1) is 27.0. The Balaban J connectivity index is 4.00. The van der Waals surface area contributed by atoms with Crippen LogP contribution >= 0.6 is 7.82 Å². The van der Waals surface area contributed by atoms with Crippen molar-refractivity contribution in [3.8, 4) is 0 Å². The second kappa shape index (κ2) is 39.2. The van der Waals surface area contributed by atoms with Gasteiger partial charge in [-0.3, -0.25) is 9.36 Å². The van der Waals surface area contributed by atoms with Gasteiger partial charge in [0.05, 0.1) is 39.9 Å². The van der Waals surface area contributed by atoms with Crippen LogP contribution in [0.3, 0.4) is 0 Å². The standard InChI is InChI=1S/C47H91N2O6P/c1-6-8-10-12-13-14-15-16-17-18-19-20-21-22-23-24-25-26-27-28-29-30-31-32-33-34-35-36-37-38-40-46(50)45(48-47(51)41-39-11-9-7-2)44-55-56(52,53)54-43-42-49(3,4)5/h30-31,34-35,38,40,45-46,50H,6-29,32-33,36-37,39,41-44H2,1-5H3,(H-,48,51,52,53)/b31-30+,35-34+,40-38+. The van der Waals surface area contributed by atoms with Crippen LogP contribution < -0.4 is 10.2 Å². The molecular weight excluding hydrogens is 719 g/mol. The Morgan fingerprint density at radius 3 is 1.45 bits per heavy atom. The quantitative estimate of drug-likeness (QED) is 0.0275. The number of carbonyl (C=O) groups excluding carboxylic acids is 1. The lowest BCUT2D eigenvalue weighted by Crippen LogP contribution is -2.45. The van der Waals surface area contributed by atoms with E-state index in [2.05, 4.69) is 43.5 Å². The van der Waals surface area contributed by atoms with Crippen LogP contribution in [0.5, 0.6) is 0 Å². The van der Waals surface area contributed by atoms with Crippen LogP contribution in [0.15, 0.2) is 36.5 Å². The van der Waals surface area contributed by atoms with Gasteiger partial charge in [0.1, 0.15) is 13.2 Å².